The summed E-state index contributed by atoms with van der Waals surface area (Å²) in [6.45, 7) is 1.98. The van der Waals surface area contributed by atoms with Crippen molar-refractivity contribution < 1.29 is 19.4 Å². The van der Waals surface area contributed by atoms with Gasteiger partial charge in [-0.3, -0.25) is 4.79 Å². The molecule has 1 aromatic rings. The van der Waals surface area contributed by atoms with Crippen LogP contribution in [0.4, 0.5) is 4.79 Å². The van der Waals surface area contributed by atoms with Gasteiger partial charge in [0, 0.05) is 26.2 Å². The highest BCUT2D eigenvalue weighted by Crippen LogP contribution is 2.30. The molecule has 2 heterocycles. The van der Waals surface area contributed by atoms with Crippen LogP contribution in [0.15, 0.2) is 18.2 Å². The van der Waals surface area contributed by atoms with E-state index in [4.69, 9.17) is 4.74 Å². The summed E-state index contributed by atoms with van der Waals surface area (Å²) in [6.07, 6.45) is 0. The topological polar surface area (TPSA) is 82.1 Å². The molecule has 7 heteroatoms. The monoisotopic (exact) mass is 291 g/mol. The van der Waals surface area contributed by atoms with Gasteiger partial charge in [0.25, 0.3) is 5.91 Å². The quantitative estimate of drug-likeness (QED) is 0.818. The molecule has 0 aliphatic carbocycles. The van der Waals surface area contributed by atoms with Crippen LogP contribution in [0.1, 0.15) is 10.4 Å². The van der Waals surface area contributed by atoms with E-state index < -0.39 is 0 Å². The Hall–Kier alpha value is -2.44. The van der Waals surface area contributed by atoms with Crippen LogP contribution in [0.5, 0.6) is 11.5 Å². The first-order valence-corrected chi connectivity index (χ1v) is 6.81. The molecule has 2 fully saturated rings. The van der Waals surface area contributed by atoms with Crippen molar-refractivity contribution in [2.75, 3.05) is 33.3 Å². The lowest BCUT2D eigenvalue weighted by molar-refractivity contribution is 0.0613. The summed E-state index contributed by atoms with van der Waals surface area (Å²) in [4.78, 5) is 27.5. The summed E-state index contributed by atoms with van der Waals surface area (Å²) in [7, 11) is 1.44. The number of hydrogen-bond acceptors (Lipinski definition) is 4. The smallest absolute Gasteiger partial charge is 0.317 e. The molecule has 3 rings (SSSR count). The molecular weight excluding hydrogens is 274 g/mol. The fourth-order valence-corrected chi connectivity index (χ4v) is 2.82. The van der Waals surface area contributed by atoms with Crippen molar-refractivity contribution >= 4 is 11.9 Å². The van der Waals surface area contributed by atoms with Crippen LogP contribution >= 0.6 is 0 Å². The maximum atomic E-state index is 12.5. The SMILES string of the molecule is COc1cccc(C(=O)N2CCN3C(=O)NCC3C2)c1O. The number of phenols is 1. The molecule has 1 unspecified atom stereocenters. The van der Waals surface area contributed by atoms with Gasteiger partial charge in [0.05, 0.1) is 18.7 Å². The second-order valence-corrected chi connectivity index (χ2v) is 5.14. The first-order valence-electron chi connectivity index (χ1n) is 6.81. The normalized spacial score (nSPS) is 21.0. The first-order chi connectivity index (χ1) is 10.1. The second kappa shape index (κ2) is 5.16. The number of piperazine rings is 1. The van der Waals surface area contributed by atoms with Crippen LogP contribution in [0.3, 0.4) is 0 Å². The lowest BCUT2D eigenvalue weighted by Crippen LogP contribution is -2.53. The highest BCUT2D eigenvalue weighted by Gasteiger charge is 2.37. The Morgan fingerprint density at radius 2 is 2.24 bits per heavy atom. The van der Waals surface area contributed by atoms with E-state index in [0.717, 1.165) is 0 Å². The summed E-state index contributed by atoms with van der Waals surface area (Å²) in [5.74, 6) is -0.115. The second-order valence-electron chi connectivity index (χ2n) is 5.14. The number of phenolic OH excluding ortho intramolecular Hbond substituents is 1. The minimum absolute atomic E-state index is 0.00273. The Morgan fingerprint density at radius 1 is 1.43 bits per heavy atom. The van der Waals surface area contributed by atoms with E-state index in [1.165, 1.54) is 7.11 Å². The average Bonchev–Trinajstić information content (AvgIpc) is 2.88. The molecule has 0 radical (unpaired) electrons. The third-order valence-electron chi connectivity index (χ3n) is 3.97. The molecule has 112 valence electrons. The van der Waals surface area contributed by atoms with Crippen LogP contribution in [0.2, 0.25) is 0 Å². The standard InChI is InChI=1S/C14H17N3O4/c1-21-11-4-2-3-10(12(11)18)13(19)16-5-6-17-9(8-16)7-15-14(17)20/h2-4,9,18H,5-8H2,1H3,(H,15,20). The lowest BCUT2D eigenvalue weighted by Gasteiger charge is -2.36. The van der Waals surface area contributed by atoms with Gasteiger partial charge in [-0.15, -0.1) is 0 Å². The molecule has 0 saturated carbocycles. The molecule has 0 spiro atoms. The van der Waals surface area contributed by atoms with E-state index in [0.29, 0.717) is 26.2 Å². The van der Waals surface area contributed by atoms with Crippen LogP contribution < -0.4 is 10.1 Å². The summed E-state index contributed by atoms with van der Waals surface area (Å²) < 4.78 is 5.02. The zero-order valence-corrected chi connectivity index (χ0v) is 11.7. The van der Waals surface area contributed by atoms with Crippen molar-refractivity contribution in [3.8, 4) is 11.5 Å². The molecule has 21 heavy (non-hydrogen) atoms. The number of rotatable bonds is 2. The number of carbonyl (C=O) groups excluding carboxylic acids is 2. The van der Waals surface area contributed by atoms with Crippen molar-refractivity contribution in [1.29, 1.82) is 0 Å². The number of methoxy groups -OCH3 is 1. The van der Waals surface area contributed by atoms with E-state index in [2.05, 4.69) is 5.32 Å². The maximum Gasteiger partial charge on any atom is 0.317 e. The third-order valence-corrected chi connectivity index (χ3v) is 3.97. The number of urea groups is 1. The zero-order chi connectivity index (χ0) is 15.0. The number of carbonyl (C=O) groups is 2. The first kappa shape index (κ1) is 13.5. The number of fused-ring (bicyclic) bond motifs is 1. The Morgan fingerprint density at radius 3 is 3.00 bits per heavy atom. The van der Waals surface area contributed by atoms with Crippen LogP contribution in [-0.4, -0.2) is 66.2 Å². The Kier molecular flexibility index (Phi) is 3.32. The van der Waals surface area contributed by atoms with E-state index in [1.807, 2.05) is 0 Å². The van der Waals surface area contributed by atoms with E-state index >= 15 is 0 Å². The van der Waals surface area contributed by atoms with Crippen molar-refractivity contribution in [1.82, 2.24) is 15.1 Å². The fourth-order valence-electron chi connectivity index (χ4n) is 2.82. The minimum atomic E-state index is -0.245. The molecule has 1 atom stereocenters. The van der Waals surface area contributed by atoms with Crippen LogP contribution in [0, 0.1) is 0 Å². The number of hydrogen-bond donors (Lipinski definition) is 2. The summed E-state index contributed by atoms with van der Waals surface area (Å²) in [6, 6.07) is 4.77. The number of nitrogens with zero attached hydrogens (tertiary/aromatic N) is 2. The van der Waals surface area contributed by atoms with Gasteiger partial charge in [0.2, 0.25) is 0 Å². The summed E-state index contributed by atoms with van der Waals surface area (Å²) >= 11 is 0. The van der Waals surface area contributed by atoms with E-state index in [9.17, 15) is 14.7 Å². The van der Waals surface area contributed by atoms with Gasteiger partial charge in [-0.2, -0.15) is 0 Å². The number of para-hydroxylation sites is 1. The Bertz CT molecular complexity index is 590. The van der Waals surface area contributed by atoms with Gasteiger partial charge >= 0.3 is 6.03 Å². The lowest BCUT2D eigenvalue weighted by atomic mass is 10.1. The maximum absolute atomic E-state index is 12.5. The van der Waals surface area contributed by atoms with E-state index in [1.54, 1.807) is 28.0 Å². The van der Waals surface area contributed by atoms with E-state index in [-0.39, 0.29) is 35.0 Å². The molecule has 2 aliphatic rings. The van der Waals surface area contributed by atoms with Crippen molar-refractivity contribution in [3.63, 3.8) is 0 Å². The Labute approximate surface area is 122 Å². The molecule has 1 aromatic carbocycles. The number of nitrogens with one attached hydrogen (secondary N) is 1. The molecule has 2 N–H and O–H groups in total. The molecule has 0 bridgehead atoms. The van der Waals surface area contributed by atoms with Crippen molar-refractivity contribution in [3.05, 3.63) is 23.8 Å². The largest absolute Gasteiger partial charge is 0.504 e. The Balaban J connectivity index is 1.79. The molecular formula is C14H17N3O4. The van der Waals surface area contributed by atoms with Gasteiger partial charge in [0.15, 0.2) is 11.5 Å². The molecule has 2 saturated heterocycles. The predicted octanol–water partition coefficient (Wildman–Crippen LogP) is 0.250. The van der Waals surface area contributed by atoms with Crippen molar-refractivity contribution in [2.45, 2.75) is 6.04 Å². The molecule has 3 amide bonds. The molecule has 7 nitrogen and oxygen atoms in total. The number of aromatic hydroxyl groups is 1. The number of amides is 3. The van der Waals surface area contributed by atoms with Gasteiger partial charge in [-0.05, 0) is 12.1 Å². The number of benzene rings is 1. The van der Waals surface area contributed by atoms with Crippen LogP contribution in [0.25, 0.3) is 0 Å². The highest BCUT2D eigenvalue weighted by atomic mass is 16.5. The average molecular weight is 291 g/mol. The fraction of sp³-hybridized carbons (Fsp3) is 0.429. The van der Waals surface area contributed by atoms with Crippen molar-refractivity contribution in [2.24, 2.45) is 0 Å². The predicted molar refractivity (Wildman–Crippen MR) is 74.5 cm³/mol. The molecule has 2 aliphatic heterocycles. The minimum Gasteiger partial charge on any atom is -0.504 e. The molecule has 0 aromatic heterocycles. The van der Waals surface area contributed by atoms with Gasteiger partial charge in [-0.25, -0.2) is 4.79 Å². The zero-order valence-electron chi connectivity index (χ0n) is 11.7. The summed E-state index contributed by atoms with van der Waals surface area (Å²) in [5.41, 5.74) is 0.222. The van der Waals surface area contributed by atoms with Gasteiger partial charge < -0.3 is 25.0 Å². The van der Waals surface area contributed by atoms with Crippen LogP contribution in [-0.2, 0) is 0 Å². The third kappa shape index (κ3) is 2.24. The highest BCUT2D eigenvalue weighted by molar-refractivity contribution is 5.98. The van der Waals surface area contributed by atoms with Gasteiger partial charge in [0.1, 0.15) is 0 Å². The number of ether oxygens (including phenoxy) is 1. The van der Waals surface area contributed by atoms with Gasteiger partial charge in [-0.1, -0.05) is 6.07 Å². The summed E-state index contributed by atoms with van der Waals surface area (Å²) in [5, 5.41) is 12.8.